The molecule has 3 heterocycles. The molecular weight excluding hydrogens is 747 g/mol. The summed E-state index contributed by atoms with van der Waals surface area (Å²) in [6, 6.07) is 39.1. The molecule has 0 aliphatic carbocycles. The molecule has 0 unspecified atom stereocenters. The van der Waals surface area contributed by atoms with Gasteiger partial charge in [-0.25, -0.2) is 9.59 Å². The first-order chi connectivity index (χ1) is 28.7. The number of nitrogens with one attached hydrogen (secondary N) is 3. The van der Waals surface area contributed by atoms with Crippen molar-refractivity contribution in [1.29, 1.82) is 0 Å². The van der Waals surface area contributed by atoms with Gasteiger partial charge in [-0.1, -0.05) is 84.9 Å². The van der Waals surface area contributed by atoms with Crippen LogP contribution in [0.4, 0.5) is 21.0 Å². The van der Waals surface area contributed by atoms with Crippen molar-refractivity contribution in [3.63, 3.8) is 0 Å². The molecule has 6 aromatic rings. The van der Waals surface area contributed by atoms with Gasteiger partial charge in [-0.2, -0.15) is 0 Å². The van der Waals surface area contributed by atoms with E-state index in [1.165, 1.54) is 9.80 Å². The molecule has 12 heteroatoms. The number of carbonyl (C=O) groups excluding carboxylic acids is 3. The number of nitrogens with zero attached hydrogens (tertiary/aromatic N) is 2. The van der Waals surface area contributed by atoms with Crippen LogP contribution in [0.2, 0.25) is 0 Å². The van der Waals surface area contributed by atoms with Crippen molar-refractivity contribution in [2.75, 3.05) is 30.8 Å². The van der Waals surface area contributed by atoms with Crippen LogP contribution in [0.3, 0.4) is 0 Å². The Morgan fingerprint density at radius 3 is 2.24 bits per heavy atom. The molecule has 2 fully saturated rings. The maximum atomic E-state index is 14.1. The number of fused-ring (bicyclic) bond motifs is 1. The van der Waals surface area contributed by atoms with Gasteiger partial charge in [-0.3, -0.25) is 19.4 Å². The number of H-pyrrole nitrogens is 1. The van der Waals surface area contributed by atoms with Crippen molar-refractivity contribution in [3.8, 4) is 28.1 Å². The number of aromatic amines is 1. The van der Waals surface area contributed by atoms with Crippen molar-refractivity contribution < 1.29 is 33.8 Å². The third-order valence-electron chi connectivity index (χ3n) is 11.3. The van der Waals surface area contributed by atoms with Gasteiger partial charge in [-0.05, 0) is 90.4 Å². The van der Waals surface area contributed by atoms with E-state index in [2.05, 4.69) is 15.6 Å². The zero-order chi connectivity index (χ0) is 40.9. The first-order valence-electron chi connectivity index (χ1n) is 19.8. The highest BCUT2D eigenvalue weighted by Crippen LogP contribution is 2.41. The molecule has 0 spiro atoms. The molecule has 2 aliphatic rings. The highest BCUT2D eigenvalue weighted by Gasteiger charge is 2.50. The van der Waals surface area contributed by atoms with E-state index >= 15 is 0 Å². The Labute approximate surface area is 341 Å². The minimum atomic E-state index is -1.24. The fraction of sp³-hybridized carbons (Fsp3) is 0.234. The van der Waals surface area contributed by atoms with E-state index in [0.29, 0.717) is 49.4 Å². The largest absolute Gasteiger partial charge is 0.497 e. The van der Waals surface area contributed by atoms with Gasteiger partial charge < -0.3 is 30.2 Å². The molecule has 8 rings (SSSR count). The molecule has 12 nitrogen and oxygen atoms in total. The number of amides is 4. The standard InChI is InChI=1S/C47H45N5O7/c1-58-37-16-8-15-34(27-37)41-38-28-36(48-43(53)40-17-9-25-51(40)46(57)59-30-32-13-6-3-7-14-32)22-23-39(38)50-42(41)33-18-20-35(21-19-33)49-44(54)47(24-10-26-52(47)45(55)56)29-31-11-4-2-5-12-31/h2-8,11-16,18-23,27-28,40,50H,9-10,17,24-26,29-30H2,1H3,(H,48,53)(H,49,54)(H,55,56)/t40-,47-/m0/s1. The van der Waals surface area contributed by atoms with Gasteiger partial charge in [0.2, 0.25) is 5.91 Å². The smallest absolute Gasteiger partial charge is 0.410 e. The summed E-state index contributed by atoms with van der Waals surface area (Å²) in [7, 11) is 1.62. The average molecular weight is 792 g/mol. The highest BCUT2D eigenvalue weighted by molar-refractivity contribution is 6.07. The van der Waals surface area contributed by atoms with Gasteiger partial charge >= 0.3 is 12.2 Å². The minimum Gasteiger partial charge on any atom is -0.497 e. The van der Waals surface area contributed by atoms with Crippen LogP contribution in [0.25, 0.3) is 33.3 Å². The number of methoxy groups -OCH3 is 1. The Balaban J connectivity index is 1.05. The van der Waals surface area contributed by atoms with Crippen LogP contribution in [-0.4, -0.2) is 75.7 Å². The second-order valence-corrected chi connectivity index (χ2v) is 15.0. The summed E-state index contributed by atoms with van der Waals surface area (Å²) < 4.78 is 11.2. The van der Waals surface area contributed by atoms with Gasteiger partial charge in [0.1, 0.15) is 23.9 Å². The summed E-state index contributed by atoms with van der Waals surface area (Å²) in [5.41, 5.74) is 5.87. The van der Waals surface area contributed by atoms with E-state index in [9.17, 15) is 24.3 Å². The molecular formula is C47H45N5O7. The predicted octanol–water partition coefficient (Wildman–Crippen LogP) is 8.94. The molecule has 4 amide bonds. The van der Waals surface area contributed by atoms with Crippen LogP contribution in [0.15, 0.2) is 127 Å². The maximum Gasteiger partial charge on any atom is 0.410 e. The van der Waals surface area contributed by atoms with Gasteiger partial charge in [0.15, 0.2) is 0 Å². The zero-order valence-corrected chi connectivity index (χ0v) is 32.6. The van der Waals surface area contributed by atoms with E-state index in [1.54, 1.807) is 7.11 Å². The molecule has 1 aromatic heterocycles. The topological polar surface area (TPSA) is 153 Å². The van der Waals surface area contributed by atoms with Crippen LogP contribution in [0.1, 0.15) is 36.8 Å². The summed E-state index contributed by atoms with van der Waals surface area (Å²) in [5, 5.41) is 17.0. The van der Waals surface area contributed by atoms with Crippen LogP contribution >= 0.6 is 0 Å². The SMILES string of the molecule is COc1cccc(-c2c(-c3ccc(NC(=O)[C@@]4(Cc5ccccc5)CCCN4C(=O)O)cc3)[nH]c3ccc(NC(=O)[C@@H]4CCCN4C(=O)OCc4ccccc4)cc23)c1. The number of rotatable bonds is 11. The summed E-state index contributed by atoms with van der Waals surface area (Å²) in [6.45, 7) is 0.850. The lowest BCUT2D eigenvalue weighted by molar-refractivity contribution is -0.125. The molecule has 0 saturated carbocycles. The zero-order valence-electron chi connectivity index (χ0n) is 32.6. The third kappa shape index (κ3) is 8.07. The molecule has 0 bridgehead atoms. The summed E-state index contributed by atoms with van der Waals surface area (Å²) in [6.07, 6.45) is 0.862. The normalized spacial score (nSPS) is 17.5. The lowest BCUT2D eigenvalue weighted by atomic mass is 9.87. The van der Waals surface area contributed by atoms with Crippen molar-refractivity contribution >= 4 is 46.3 Å². The summed E-state index contributed by atoms with van der Waals surface area (Å²) >= 11 is 0. The van der Waals surface area contributed by atoms with Crippen LogP contribution in [-0.2, 0) is 27.4 Å². The van der Waals surface area contributed by atoms with Gasteiger partial charge in [0.25, 0.3) is 5.91 Å². The molecule has 2 atom stereocenters. The molecule has 300 valence electrons. The second kappa shape index (κ2) is 16.8. The number of ether oxygens (including phenoxy) is 2. The number of aromatic nitrogens is 1. The predicted molar refractivity (Wildman–Crippen MR) is 226 cm³/mol. The van der Waals surface area contributed by atoms with Crippen molar-refractivity contribution in [1.82, 2.24) is 14.8 Å². The van der Waals surface area contributed by atoms with Gasteiger partial charge in [0, 0.05) is 47.4 Å². The van der Waals surface area contributed by atoms with Crippen LogP contribution in [0.5, 0.6) is 5.75 Å². The van der Waals surface area contributed by atoms with E-state index < -0.39 is 23.8 Å². The highest BCUT2D eigenvalue weighted by atomic mass is 16.6. The lowest BCUT2D eigenvalue weighted by Gasteiger charge is -2.35. The van der Waals surface area contributed by atoms with Crippen molar-refractivity contribution in [2.24, 2.45) is 0 Å². The number of hydrogen-bond acceptors (Lipinski definition) is 6. The lowest BCUT2D eigenvalue weighted by Crippen LogP contribution is -2.56. The Morgan fingerprint density at radius 2 is 1.51 bits per heavy atom. The number of carboxylic acid groups (broad SMARTS) is 1. The van der Waals surface area contributed by atoms with Crippen LogP contribution < -0.4 is 15.4 Å². The summed E-state index contributed by atoms with van der Waals surface area (Å²) in [5.74, 6) is 0.0260. The number of likely N-dealkylation sites (tertiary alicyclic amines) is 2. The number of hydrogen-bond donors (Lipinski definition) is 4. The molecule has 0 radical (unpaired) electrons. The van der Waals surface area contributed by atoms with Gasteiger partial charge in [-0.15, -0.1) is 0 Å². The second-order valence-electron chi connectivity index (χ2n) is 15.0. The van der Waals surface area contributed by atoms with E-state index in [1.807, 2.05) is 127 Å². The van der Waals surface area contributed by atoms with Crippen molar-refractivity contribution in [2.45, 2.75) is 50.3 Å². The Morgan fingerprint density at radius 1 is 0.780 bits per heavy atom. The number of carbonyl (C=O) groups is 4. The Kier molecular flexibility index (Phi) is 11.0. The third-order valence-corrected chi connectivity index (χ3v) is 11.3. The molecule has 2 saturated heterocycles. The van der Waals surface area contributed by atoms with E-state index in [4.69, 9.17) is 9.47 Å². The molecule has 2 aliphatic heterocycles. The fourth-order valence-electron chi connectivity index (χ4n) is 8.41. The Bertz CT molecular complexity index is 2490. The monoisotopic (exact) mass is 791 g/mol. The quantitative estimate of drug-likeness (QED) is 0.102. The first kappa shape index (κ1) is 38.8. The van der Waals surface area contributed by atoms with Gasteiger partial charge in [0.05, 0.1) is 12.8 Å². The van der Waals surface area contributed by atoms with E-state index in [-0.39, 0.29) is 31.4 Å². The first-order valence-corrected chi connectivity index (χ1v) is 19.8. The van der Waals surface area contributed by atoms with Crippen molar-refractivity contribution in [3.05, 3.63) is 139 Å². The molecule has 59 heavy (non-hydrogen) atoms. The fourth-order valence-corrected chi connectivity index (χ4v) is 8.41. The molecule has 5 aromatic carbocycles. The average Bonchev–Trinajstić information content (AvgIpc) is 4.02. The number of anilines is 2. The summed E-state index contributed by atoms with van der Waals surface area (Å²) in [4.78, 5) is 59.6. The molecule has 4 N–H and O–H groups in total. The minimum absolute atomic E-state index is 0.127. The maximum absolute atomic E-state index is 14.1. The number of benzene rings is 5. The van der Waals surface area contributed by atoms with Crippen LogP contribution in [0, 0.1) is 0 Å². The van der Waals surface area contributed by atoms with E-state index in [0.717, 1.165) is 44.4 Å². The Hall–Kier alpha value is -7.08.